The molecule has 0 atom stereocenters. The Kier molecular flexibility index (Phi) is 4.70. The highest BCUT2D eigenvalue weighted by Crippen LogP contribution is 2.22. The Morgan fingerprint density at radius 2 is 2.00 bits per heavy atom. The van der Waals surface area contributed by atoms with Crippen molar-refractivity contribution in [2.75, 3.05) is 6.54 Å². The van der Waals surface area contributed by atoms with Gasteiger partial charge in [0.25, 0.3) is 5.91 Å². The van der Waals surface area contributed by atoms with Gasteiger partial charge in [0.2, 0.25) is 0 Å². The fourth-order valence-corrected chi connectivity index (χ4v) is 3.23. The molecule has 136 valence electrons. The van der Waals surface area contributed by atoms with E-state index in [1.54, 1.807) is 12.5 Å². The SMILES string of the molecule is Cc1nc2cc(C(=O)NCCCn3ccnc3)ccc2n1-c1ccccc1. The van der Waals surface area contributed by atoms with Crippen LogP contribution in [-0.4, -0.2) is 31.6 Å². The third-order valence-corrected chi connectivity index (χ3v) is 4.54. The van der Waals surface area contributed by atoms with Crippen molar-refractivity contribution < 1.29 is 4.79 Å². The Labute approximate surface area is 157 Å². The summed E-state index contributed by atoms with van der Waals surface area (Å²) in [6, 6.07) is 15.8. The summed E-state index contributed by atoms with van der Waals surface area (Å²) in [4.78, 5) is 21.1. The van der Waals surface area contributed by atoms with Gasteiger partial charge in [0.1, 0.15) is 5.82 Å². The fourth-order valence-electron chi connectivity index (χ4n) is 3.23. The highest BCUT2D eigenvalue weighted by molar-refractivity contribution is 5.97. The monoisotopic (exact) mass is 359 g/mol. The van der Waals surface area contributed by atoms with Gasteiger partial charge in [-0.25, -0.2) is 9.97 Å². The van der Waals surface area contributed by atoms with Crippen LogP contribution in [0.25, 0.3) is 16.7 Å². The minimum absolute atomic E-state index is 0.0746. The second kappa shape index (κ2) is 7.45. The minimum Gasteiger partial charge on any atom is -0.352 e. The fraction of sp³-hybridized carbons (Fsp3) is 0.190. The molecule has 0 fully saturated rings. The van der Waals surface area contributed by atoms with E-state index in [2.05, 4.69) is 32.0 Å². The normalized spacial score (nSPS) is 11.0. The van der Waals surface area contributed by atoms with Gasteiger partial charge in [-0.1, -0.05) is 18.2 Å². The summed E-state index contributed by atoms with van der Waals surface area (Å²) in [5.41, 5.74) is 3.51. The van der Waals surface area contributed by atoms with Crippen molar-refractivity contribution in [3.05, 3.63) is 78.6 Å². The standard InChI is InChI=1S/C21H21N5O/c1-16-24-19-14-17(21(27)23-10-5-12-25-13-11-22-15-25)8-9-20(19)26(16)18-6-3-2-4-7-18/h2-4,6-9,11,13-15H,5,10,12H2,1H3,(H,23,27). The van der Waals surface area contributed by atoms with Crippen LogP contribution in [0.15, 0.2) is 67.3 Å². The van der Waals surface area contributed by atoms with Crippen LogP contribution in [-0.2, 0) is 6.54 Å². The van der Waals surface area contributed by atoms with Gasteiger partial charge in [0.05, 0.1) is 17.4 Å². The van der Waals surface area contributed by atoms with Gasteiger partial charge >= 0.3 is 0 Å². The molecule has 0 aliphatic heterocycles. The van der Waals surface area contributed by atoms with E-state index in [4.69, 9.17) is 0 Å². The van der Waals surface area contributed by atoms with Gasteiger partial charge < -0.3 is 9.88 Å². The lowest BCUT2D eigenvalue weighted by molar-refractivity contribution is 0.0953. The zero-order valence-electron chi connectivity index (χ0n) is 15.2. The molecule has 1 amide bonds. The Balaban J connectivity index is 1.48. The molecule has 0 bridgehead atoms. The molecule has 27 heavy (non-hydrogen) atoms. The average Bonchev–Trinajstić information content (AvgIpc) is 3.31. The first-order valence-corrected chi connectivity index (χ1v) is 9.01. The number of carbonyl (C=O) groups is 1. The first-order valence-electron chi connectivity index (χ1n) is 9.01. The number of para-hydroxylation sites is 1. The highest BCUT2D eigenvalue weighted by atomic mass is 16.1. The second-order valence-corrected chi connectivity index (χ2v) is 6.44. The molecule has 0 saturated carbocycles. The zero-order valence-corrected chi connectivity index (χ0v) is 15.2. The van der Waals surface area contributed by atoms with E-state index in [1.165, 1.54) is 0 Å². The minimum atomic E-state index is -0.0746. The van der Waals surface area contributed by atoms with Gasteiger partial charge in [-0.05, 0) is 43.7 Å². The number of imidazole rings is 2. The second-order valence-electron chi connectivity index (χ2n) is 6.44. The van der Waals surface area contributed by atoms with Gasteiger partial charge in [0.15, 0.2) is 0 Å². The molecular weight excluding hydrogens is 338 g/mol. The van der Waals surface area contributed by atoms with E-state index in [0.29, 0.717) is 12.1 Å². The Hall–Kier alpha value is -3.41. The van der Waals surface area contributed by atoms with Crippen molar-refractivity contribution in [1.82, 2.24) is 24.4 Å². The van der Waals surface area contributed by atoms with Crippen LogP contribution in [0.5, 0.6) is 0 Å². The number of hydrogen-bond donors (Lipinski definition) is 1. The molecule has 1 N–H and O–H groups in total. The Morgan fingerprint density at radius 1 is 1.15 bits per heavy atom. The molecule has 4 aromatic rings. The number of nitrogens with zero attached hydrogens (tertiary/aromatic N) is 4. The third kappa shape index (κ3) is 3.60. The van der Waals surface area contributed by atoms with Crippen LogP contribution in [0.2, 0.25) is 0 Å². The maximum Gasteiger partial charge on any atom is 0.251 e. The quantitative estimate of drug-likeness (QED) is 0.537. The largest absolute Gasteiger partial charge is 0.352 e. The number of benzene rings is 2. The predicted molar refractivity (Wildman–Crippen MR) is 105 cm³/mol. The summed E-state index contributed by atoms with van der Waals surface area (Å²) >= 11 is 0. The molecule has 4 rings (SSSR count). The molecule has 0 unspecified atom stereocenters. The molecule has 0 saturated heterocycles. The molecule has 6 nitrogen and oxygen atoms in total. The summed E-state index contributed by atoms with van der Waals surface area (Å²) in [5, 5.41) is 2.97. The first kappa shape index (κ1) is 17.0. The van der Waals surface area contributed by atoms with E-state index in [9.17, 15) is 4.79 Å². The molecule has 0 aliphatic rings. The maximum absolute atomic E-state index is 12.4. The summed E-state index contributed by atoms with van der Waals surface area (Å²) < 4.78 is 4.10. The summed E-state index contributed by atoms with van der Waals surface area (Å²) in [6.45, 7) is 3.43. The molecule has 2 aromatic carbocycles. The molecular formula is C21H21N5O. The number of amides is 1. The van der Waals surface area contributed by atoms with E-state index in [-0.39, 0.29) is 5.91 Å². The molecule has 2 heterocycles. The molecule has 2 aromatic heterocycles. The van der Waals surface area contributed by atoms with Crippen LogP contribution >= 0.6 is 0 Å². The average molecular weight is 359 g/mol. The molecule has 0 aliphatic carbocycles. The lowest BCUT2D eigenvalue weighted by Crippen LogP contribution is -2.25. The van der Waals surface area contributed by atoms with Crippen molar-refractivity contribution in [2.45, 2.75) is 19.9 Å². The summed E-state index contributed by atoms with van der Waals surface area (Å²) in [7, 11) is 0. The van der Waals surface area contributed by atoms with E-state index >= 15 is 0 Å². The van der Waals surface area contributed by atoms with Crippen molar-refractivity contribution in [2.24, 2.45) is 0 Å². The lowest BCUT2D eigenvalue weighted by Gasteiger charge is -2.08. The number of nitrogens with one attached hydrogen (secondary N) is 1. The number of hydrogen-bond acceptors (Lipinski definition) is 3. The van der Waals surface area contributed by atoms with Crippen LogP contribution in [0.3, 0.4) is 0 Å². The van der Waals surface area contributed by atoms with Crippen molar-refractivity contribution in [3.8, 4) is 5.69 Å². The first-order chi connectivity index (χ1) is 13.2. The number of carbonyl (C=O) groups excluding carboxylic acids is 1. The van der Waals surface area contributed by atoms with Crippen molar-refractivity contribution in [3.63, 3.8) is 0 Å². The van der Waals surface area contributed by atoms with Crippen molar-refractivity contribution >= 4 is 16.9 Å². The number of aryl methyl sites for hydroxylation is 2. The summed E-state index contributed by atoms with van der Waals surface area (Å²) in [5.74, 6) is 0.823. The molecule has 6 heteroatoms. The van der Waals surface area contributed by atoms with Gasteiger partial charge in [0, 0.05) is 36.7 Å². The van der Waals surface area contributed by atoms with E-state index in [1.807, 2.05) is 54.1 Å². The van der Waals surface area contributed by atoms with Crippen LogP contribution in [0.4, 0.5) is 0 Å². The topological polar surface area (TPSA) is 64.7 Å². The Bertz CT molecular complexity index is 1050. The van der Waals surface area contributed by atoms with Crippen LogP contribution in [0, 0.1) is 6.92 Å². The van der Waals surface area contributed by atoms with E-state index < -0.39 is 0 Å². The summed E-state index contributed by atoms with van der Waals surface area (Å²) in [6.07, 6.45) is 6.30. The number of rotatable bonds is 6. The van der Waals surface area contributed by atoms with Crippen LogP contribution in [0.1, 0.15) is 22.6 Å². The third-order valence-electron chi connectivity index (χ3n) is 4.54. The van der Waals surface area contributed by atoms with Gasteiger partial charge in [-0.15, -0.1) is 0 Å². The predicted octanol–water partition coefficient (Wildman–Crippen LogP) is 3.35. The smallest absolute Gasteiger partial charge is 0.251 e. The number of fused-ring (bicyclic) bond motifs is 1. The number of aromatic nitrogens is 4. The van der Waals surface area contributed by atoms with Crippen molar-refractivity contribution in [1.29, 1.82) is 0 Å². The Morgan fingerprint density at radius 3 is 2.78 bits per heavy atom. The lowest BCUT2D eigenvalue weighted by atomic mass is 10.2. The molecule has 0 spiro atoms. The van der Waals surface area contributed by atoms with E-state index in [0.717, 1.165) is 35.5 Å². The zero-order chi connectivity index (χ0) is 18.6. The highest BCUT2D eigenvalue weighted by Gasteiger charge is 2.12. The van der Waals surface area contributed by atoms with Crippen LogP contribution < -0.4 is 5.32 Å². The maximum atomic E-state index is 12.4. The molecule has 0 radical (unpaired) electrons. The van der Waals surface area contributed by atoms with Gasteiger partial charge in [-0.3, -0.25) is 9.36 Å². The van der Waals surface area contributed by atoms with Gasteiger partial charge in [-0.2, -0.15) is 0 Å².